The van der Waals surface area contributed by atoms with Crippen molar-refractivity contribution >= 4 is 5.91 Å². The van der Waals surface area contributed by atoms with Crippen LogP contribution < -0.4 is 5.32 Å². The molecule has 1 aliphatic rings. The van der Waals surface area contributed by atoms with Crippen molar-refractivity contribution in [1.29, 1.82) is 0 Å². The smallest absolute Gasteiger partial charge is 0.270 e. The molecule has 18 heavy (non-hydrogen) atoms. The van der Waals surface area contributed by atoms with E-state index in [1.807, 2.05) is 27.8 Å². The van der Waals surface area contributed by atoms with Crippen LogP contribution in [0.4, 0.5) is 0 Å². The molecule has 0 bridgehead atoms. The summed E-state index contributed by atoms with van der Waals surface area (Å²) in [5.74, 6) is 0.148. The molecule has 1 aromatic rings. The van der Waals surface area contributed by atoms with E-state index in [-0.39, 0.29) is 11.9 Å². The van der Waals surface area contributed by atoms with E-state index in [0.29, 0.717) is 12.1 Å². The summed E-state index contributed by atoms with van der Waals surface area (Å²) < 4.78 is 2.04. The zero-order chi connectivity index (χ0) is 13.3. The molecule has 0 saturated carbocycles. The largest absolute Gasteiger partial charge is 0.341 e. The lowest BCUT2D eigenvalue weighted by Crippen LogP contribution is -2.56. The molecule has 1 saturated heterocycles. The number of rotatable bonds is 2. The van der Waals surface area contributed by atoms with Crippen LogP contribution in [0.5, 0.6) is 0 Å². The van der Waals surface area contributed by atoms with Crippen LogP contribution in [-0.4, -0.2) is 40.5 Å². The maximum Gasteiger partial charge on any atom is 0.270 e. The molecule has 1 aromatic heterocycles. The van der Waals surface area contributed by atoms with Crippen molar-refractivity contribution in [2.45, 2.75) is 45.8 Å². The number of piperazine rings is 1. The summed E-state index contributed by atoms with van der Waals surface area (Å²) in [6, 6.07) is 4.80. The van der Waals surface area contributed by atoms with E-state index < -0.39 is 0 Å². The van der Waals surface area contributed by atoms with Gasteiger partial charge in [0.05, 0.1) is 0 Å². The van der Waals surface area contributed by atoms with Crippen LogP contribution in [0.3, 0.4) is 0 Å². The molecule has 0 aliphatic carbocycles. The Hall–Kier alpha value is -1.29. The van der Waals surface area contributed by atoms with Gasteiger partial charge in [0.15, 0.2) is 0 Å². The number of aromatic nitrogens is 1. The van der Waals surface area contributed by atoms with E-state index in [4.69, 9.17) is 0 Å². The first-order valence-electron chi connectivity index (χ1n) is 6.72. The molecule has 4 heteroatoms. The fourth-order valence-electron chi connectivity index (χ4n) is 2.48. The van der Waals surface area contributed by atoms with Crippen molar-refractivity contribution in [2.24, 2.45) is 0 Å². The monoisotopic (exact) mass is 249 g/mol. The van der Waals surface area contributed by atoms with Gasteiger partial charge in [-0.15, -0.1) is 0 Å². The third-order valence-corrected chi connectivity index (χ3v) is 3.58. The van der Waals surface area contributed by atoms with Gasteiger partial charge in [0.25, 0.3) is 5.91 Å². The molecule has 1 amide bonds. The Morgan fingerprint density at radius 3 is 2.83 bits per heavy atom. The summed E-state index contributed by atoms with van der Waals surface area (Å²) in [6.07, 6.45) is 1.98. The Bertz CT molecular complexity index is 424. The summed E-state index contributed by atoms with van der Waals surface area (Å²) in [5, 5.41) is 3.40. The molecule has 4 nitrogen and oxygen atoms in total. The second-order valence-corrected chi connectivity index (χ2v) is 5.51. The van der Waals surface area contributed by atoms with Gasteiger partial charge in [-0.2, -0.15) is 0 Å². The van der Waals surface area contributed by atoms with Gasteiger partial charge in [0, 0.05) is 37.4 Å². The van der Waals surface area contributed by atoms with E-state index in [9.17, 15) is 4.79 Å². The van der Waals surface area contributed by atoms with Gasteiger partial charge in [-0.1, -0.05) is 0 Å². The number of amides is 1. The van der Waals surface area contributed by atoms with Gasteiger partial charge < -0.3 is 14.8 Å². The molecule has 1 N–H and O–H groups in total. The predicted octanol–water partition coefficient (Wildman–Crippen LogP) is 1.89. The Labute approximate surface area is 109 Å². The quantitative estimate of drug-likeness (QED) is 0.869. The Morgan fingerprint density at radius 1 is 1.44 bits per heavy atom. The van der Waals surface area contributed by atoms with Crippen LogP contribution in [0, 0.1) is 0 Å². The average Bonchev–Trinajstić information content (AvgIpc) is 2.80. The first-order chi connectivity index (χ1) is 8.50. The van der Waals surface area contributed by atoms with Crippen LogP contribution in [0.2, 0.25) is 0 Å². The number of nitrogens with zero attached hydrogens (tertiary/aromatic N) is 2. The normalized spacial score (nSPS) is 24.6. The lowest BCUT2D eigenvalue weighted by atomic mass is 10.1. The van der Waals surface area contributed by atoms with Crippen LogP contribution in [0.25, 0.3) is 0 Å². The van der Waals surface area contributed by atoms with Crippen LogP contribution in [0.1, 0.15) is 44.2 Å². The van der Waals surface area contributed by atoms with Gasteiger partial charge in [0.2, 0.25) is 0 Å². The van der Waals surface area contributed by atoms with E-state index in [2.05, 4.69) is 33.0 Å². The second-order valence-electron chi connectivity index (χ2n) is 5.51. The molecule has 1 aliphatic heterocycles. The van der Waals surface area contributed by atoms with E-state index >= 15 is 0 Å². The SMILES string of the molecule is CC1CN(C(=O)c2cccn2C(C)C)C(C)CN1. The minimum atomic E-state index is 0.148. The molecule has 0 radical (unpaired) electrons. The predicted molar refractivity (Wildman–Crippen MR) is 72.8 cm³/mol. The fourth-order valence-corrected chi connectivity index (χ4v) is 2.48. The van der Waals surface area contributed by atoms with Crippen LogP contribution in [0.15, 0.2) is 18.3 Å². The molecule has 1 fully saturated rings. The topological polar surface area (TPSA) is 37.3 Å². The zero-order valence-electron chi connectivity index (χ0n) is 11.7. The summed E-state index contributed by atoms with van der Waals surface area (Å²) in [4.78, 5) is 14.6. The van der Waals surface area contributed by atoms with Crippen molar-refractivity contribution < 1.29 is 4.79 Å². The summed E-state index contributed by atoms with van der Waals surface area (Å²) >= 11 is 0. The van der Waals surface area contributed by atoms with Crippen molar-refractivity contribution in [3.8, 4) is 0 Å². The molecule has 0 spiro atoms. The third kappa shape index (κ3) is 2.43. The number of hydrogen-bond acceptors (Lipinski definition) is 2. The molecule has 2 atom stereocenters. The first kappa shape index (κ1) is 13.1. The van der Waals surface area contributed by atoms with Gasteiger partial charge in [-0.3, -0.25) is 4.79 Å². The highest BCUT2D eigenvalue weighted by Gasteiger charge is 2.28. The van der Waals surface area contributed by atoms with Crippen molar-refractivity contribution in [1.82, 2.24) is 14.8 Å². The number of nitrogens with one attached hydrogen (secondary N) is 1. The molecular weight excluding hydrogens is 226 g/mol. The highest BCUT2D eigenvalue weighted by molar-refractivity contribution is 5.93. The maximum atomic E-state index is 12.6. The lowest BCUT2D eigenvalue weighted by Gasteiger charge is -2.37. The highest BCUT2D eigenvalue weighted by atomic mass is 16.2. The van der Waals surface area contributed by atoms with Crippen molar-refractivity contribution in [3.05, 3.63) is 24.0 Å². The van der Waals surface area contributed by atoms with E-state index in [1.165, 1.54) is 0 Å². The van der Waals surface area contributed by atoms with E-state index in [1.54, 1.807) is 0 Å². The standard InChI is InChI=1S/C14H23N3O/c1-10(2)16-7-5-6-13(16)14(18)17-9-11(3)15-8-12(17)4/h5-7,10-12,15H,8-9H2,1-4H3. The first-order valence-corrected chi connectivity index (χ1v) is 6.72. The molecule has 2 heterocycles. The lowest BCUT2D eigenvalue weighted by molar-refractivity contribution is 0.0603. The Kier molecular flexibility index (Phi) is 3.76. The number of carbonyl (C=O) groups excluding carboxylic acids is 1. The van der Waals surface area contributed by atoms with Gasteiger partial charge >= 0.3 is 0 Å². The number of carbonyl (C=O) groups is 1. The van der Waals surface area contributed by atoms with Crippen LogP contribution >= 0.6 is 0 Å². The highest BCUT2D eigenvalue weighted by Crippen LogP contribution is 2.16. The Balaban J connectivity index is 2.22. The van der Waals surface area contributed by atoms with Gasteiger partial charge in [-0.05, 0) is 39.8 Å². The molecule has 2 rings (SSSR count). The van der Waals surface area contributed by atoms with Crippen molar-refractivity contribution in [3.63, 3.8) is 0 Å². The molecule has 100 valence electrons. The minimum Gasteiger partial charge on any atom is -0.341 e. The summed E-state index contributed by atoms with van der Waals surface area (Å²) in [6.45, 7) is 10.1. The summed E-state index contributed by atoms with van der Waals surface area (Å²) in [5.41, 5.74) is 0.797. The summed E-state index contributed by atoms with van der Waals surface area (Å²) in [7, 11) is 0. The van der Waals surface area contributed by atoms with Crippen molar-refractivity contribution in [2.75, 3.05) is 13.1 Å². The molecule has 2 unspecified atom stereocenters. The average molecular weight is 249 g/mol. The number of hydrogen-bond donors (Lipinski definition) is 1. The Morgan fingerprint density at radius 2 is 2.17 bits per heavy atom. The van der Waals surface area contributed by atoms with Gasteiger partial charge in [0.1, 0.15) is 5.69 Å². The minimum absolute atomic E-state index is 0.148. The molecular formula is C14H23N3O. The second kappa shape index (κ2) is 5.14. The van der Waals surface area contributed by atoms with Gasteiger partial charge in [-0.25, -0.2) is 0 Å². The molecule has 0 aromatic carbocycles. The van der Waals surface area contributed by atoms with Crippen LogP contribution in [-0.2, 0) is 0 Å². The zero-order valence-corrected chi connectivity index (χ0v) is 11.7. The van der Waals surface area contributed by atoms with E-state index in [0.717, 1.165) is 18.8 Å². The fraction of sp³-hybridized carbons (Fsp3) is 0.643. The third-order valence-electron chi connectivity index (χ3n) is 3.58. The maximum absolute atomic E-state index is 12.6.